The lowest BCUT2D eigenvalue weighted by Crippen LogP contribution is -2.51. The maximum atomic E-state index is 13.9. The molecular formula is C33H35ClN2O2. The lowest BCUT2D eigenvalue weighted by atomic mass is 9.99. The summed E-state index contributed by atoms with van der Waals surface area (Å²) in [6.07, 6.45) is 1.31. The molecule has 5 heteroatoms. The minimum Gasteiger partial charge on any atom is -0.354 e. The fourth-order valence-electron chi connectivity index (χ4n) is 4.68. The van der Waals surface area contributed by atoms with Crippen molar-refractivity contribution in [1.29, 1.82) is 0 Å². The van der Waals surface area contributed by atoms with Crippen LogP contribution in [-0.2, 0) is 29.0 Å². The number of nitrogens with one attached hydrogen (secondary N) is 1. The van der Waals surface area contributed by atoms with E-state index in [1.807, 2.05) is 72.8 Å². The zero-order chi connectivity index (χ0) is 26.9. The molecule has 2 amide bonds. The Morgan fingerprint density at radius 2 is 1.47 bits per heavy atom. The number of carbonyl (C=O) groups is 2. The molecule has 0 aliphatic rings. The van der Waals surface area contributed by atoms with E-state index in [9.17, 15) is 9.59 Å². The molecule has 1 N–H and O–H groups in total. The fraction of sp³-hybridized carbons (Fsp3) is 0.273. The number of hydrogen-bond acceptors (Lipinski definition) is 2. The van der Waals surface area contributed by atoms with E-state index in [1.165, 1.54) is 0 Å². The summed E-state index contributed by atoms with van der Waals surface area (Å²) in [4.78, 5) is 29.2. The van der Waals surface area contributed by atoms with Gasteiger partial charge in [-0.1, -0.05) is 116 Å². The highest BCUT2D eigenvalue weighted by atomic mass is 35.5. The van der Waals surface area contributed by atoms with Crippen molar-refractivity contribution in [2.75, 3.05) is 6.54 Å². The van der Waals surface area contributed by atoms with Crippen LogP contribution in [-0.4, -0.2) is 29.3 Å². The fourth-order valence-corrected chi connectivity index (χ4v) is 4.88. The zero-order valence-electron chi connectivity index (χ0n) is 22.1. The standard InChI is InChI=1S/C33H35ClN2O2/c1-24(2)22-35-33(38)31(21-25-11-4-3-5-12-25)36(23-28-14-7-9-18-30(28)34)32(37)20-19-27-16-10-15-26-13-6-8-17-29(26)27/h3-18,24,31H,19-23H2,1-2H3,(H,35,38)/t31-/m1/s1. The Balaban J connectivity index is 1.64. The van der Waals surface area contributed by atoms with E-state index in [-0.39, 0.29) is 18.4 Å². The van der Waals surface area contributed by atoms with Crippen LogP contribution < -0.4 is 5.32 Å². The van der Waals surface area contributed by atoms with Crippen LogP contribution in [0.5, 0.6) is 0 Å². The van der Waals surface area contributed by atoms with Crippen LogP contribution in [0.1, 0.15) is 37.0 Å². The first-order chi connectivity index (χ1) is 18.4. The molecule has 38 heavy (non-hydrogen) atoms. The molecule has 196 valence electrons. The molecule has 4 nitrogen and oxygen atoms in total. The van der Waals surface area contributed by atoms with Gasteiger partial charge in [0.15, 0.2) is 0 Å². The lowest BCUT2D eigenvalue weighted by molar-refractivity contribution is -0.141. The Hall–Kier alpha value is -3.63. The van der Waals surface area contributed by atoms with Gasteiger partial charge in [-0.25, -0.2) is 0 Å². The highest BCUT2D eigenvalue weighted by Crippen LogP contribution is 2.23. The van der Waals surface area contributed by atoms with E-state index in [2.05, 4.69) is 43.4 Å². The normalized spacial score (nSPS) is 11.9. The van der Waals surface area contributed by atoms with Crippen LogP contribution in [0.3, 0.4) is 0 Å². The maximum absolute atomic E-state index is 13.9. The molecule has 0 radical (unpaired) electrons. The Kier molecular flexibility index (Phi) is 9.56. The van der Waals surface area contributed by atoms with Crippen LogP contribution >= 0.6 is 11.6 Å². The Morgan fingerprint density at radius 3 is 2.24 bits per heavy atom. The molecule has 0 spiro atoms. The topological polar surface area (TPSA) is 49.4 Å². The molecule has 0 bridgehead atoms. The number of fused-ring (bicyclic) bond motifs is 1. The first-order valence-electron chi connectivity index (χ1n) is 13.2. The van der Waals surface area contributed by atoms with Gasteiger partial charge in [-0.15, -0.1) is 0 Å². The molecule has 0 heterocycles. The Bertz CT molecular complexity index is 1360. The van der Waals surface area contributed by atoms with Crippen molar-refractivity contribution >= 4 is 34.2 Å². The monoisotopic (exact) mass is 526 g/mol. The summed E-state index contributed by atoms with van der Waals surface area (Å²) in [6, 6.07) is 31.1. The van der Waals surface area contributed by atoms with E-state index in [4.69, 9.17) is 11.6 Å². The van der Waals surface area contributed by atoms with Crippen LogP contribution in [0.2, 0.25) is 5.02 Å². The highest BCUT2D eigenvalue weighted by molar-refractivity contribution is 6.31. The van der Waals surface area contributed by atoms with Crippen LogP contribution in [0.15, 0.2) is 97.1 Å². The minimum absolute atomic E-state index is 0.0709. The van der Waals surface area contributed by atoms with Crippen molar-refractivity contribution in [1.82, 2.24) is 10.2 Å². The van der Waals surface area contributed by atoms with E-state index in [0.29, 0.717) is 36.7 Å². The van der Waals surface area contributed by atoms with Gasteiger partial charge >= 0.3 is 0 Å². The van der Waals surface area contributed by atoms with Crippen molar-refractivity contribution in [2.45, 2.75) is 45.7 Å². The summed E-state index contributed by atoms with van der Waals surface area (Å²) in [6.45, 7) is 4.93. The Labute approximate surface area is 230 Å². The molecule has 0 aliphatic carbocycles. The number of hydrogen-bond donors (Lipinski definition) is 1. The van der Waals surface area contributed by atoms with E-state index in [0.717, 1.165) is 27.5 Å². The molecule has 0 saturated heterocycles. The van der Waals surface area contributed by atoms with Crippen LogP contribution in [0.4, 0.5) is 0 Å². The second kappa shape index (κ2) is 13.3. The third-order valence-electron chi connectivity index (χ3n) is 6.74. The van der Waals surface area contributed by atoms with Gasteiger partial charge in [0.05, 0.1) is 0 Å². The number of benzene rings is 4. The number of nitrogens with zero attached hydrogens (tertiary/aromatic N) is 1. The maximum Gasteiger partial charge on any atom is 0.243 e. The Morgan fingerprint density at radius 1 is 0.816 bits per heavy atom. The molecule has 1 atom stereocenters. The number of halogens is 1. The van der Waals surface area contributed by atoms with Crippen molar-refractivity contribution in [3.05, 3.63) is 119 Å². The van der Waals surface area contributed by atoms with Gasteiger partial charge in [-0.05, 0) is 45.9 Å². The van der Waals surface area contributed by atoms with Gasteiger partial charge in [0.2, 0.25) is 11.8 Å². The van der Waals surface area contributed by atoms with Crippen LogP contribution in [0.25, 0.3) is 10.8 Å². The number of rotatable bonds is 11. The van der Waals surface area contributed by atoms with Crippen molar-refractivity contribution in [3.8, 4) is 0 Å². The van der Waals surface area contributed by atoms with Crippen LogP contribution in [0, 0.1) is 5.92 Å². The summed E-state index contributed by atoms with van der Waals surface area (Å²) < 4.78 is 0. The molecule has 0 aliphatic heterocycles. The third kappa shape index (κ3) is 7.23. The van der Waals surface area contributed by atoms with Gasteiger partial charge in [-0.3, -0.25) is 9.59 Å². The average Bonchev–Trinajstić information content (AvgIpc) is 2.93. The second-order valence-corrected chi connectivity index (χ2v) is 10.5. The van der Waals surface area contributed by atoms with Crippen molar-refractivity contribution in [3.63, 3.8) is 0 Å². The highest BCUT2D eigenvalue weighted by Gasteiger charge is 2.30. The third-order valence-corrected chi connectivity index (χ3v) is 7.11. The average molecular weight is 527 g/mol. The van der Waals surface area contributed by atoms with Gasteiger partial charge in [0.25, 0.3) is 0 Å². The van der Waals surface area contributed by atoms with Gasteiger partial charge in [-0.2, -0.15) is 0 Å². The summed E-state index contributed by atoms with van der Waals surface area (Å²) in [7, 11) is 0. The van der Waals surface area contributed by atoms with E-state index >= 15 is 0 Å². The van der Waals surface area contributed by atoms with E-state index in [1.54, 1.807) is 4.90 Å². The molecular weight excluding hydrogens is 492 g/mol. The van der Waals surface area contributed by atoms with E-state index < -0.39 is 6.04 Å². The number of aryl methyl sites for hydroxylation is 1. The first kappa shape index (κ1) is 27.4. The minimum atomic E-state index is -0.660. The zero-order valence-corrected chi connectivity index (χ0v) is 22.8. The molecule has 0 aromatic heterocycles. The lowest BCUT2D eigenvalue weighted by Gasteiger charge is -2.32. The van der Waals surface area contributed by atoms with Gasteiger partial charge in [0.1, 0.15) is 6.04 Å². The predicted octanol–water partition coefficient (Wildman–Crippen LogP) is 6.84. The van der Waals surface area contributed by atoms with Gasteiger partial charge < -0.3 is 10.2 Å². The smallest absolute Gasteiger partial charge is 0.243 e. The molecule has 4 aromatic carbocycles. The summed E-state index contributed by atoms with van der Waals surface area (Å²) in [5, 5.41) is 5.96. The van der Waals surface area contributed by atoms with Crippen molar-refractivity contribution in [2.24, 2.45) is 5.92 Å². The molecule has 0 fully saturated rings. The number of carbonyl (C=O) groups excluding carboxylic acids is 2. The predicted molar refractivity (Wildman–Crippen MR) is 156 cm³/mol. The summed E-state index contributed by atoms with van der Waals surface area (Å²) >= 11 is 6.52. The number of amides is 2. The quantitative estimate of drug-likeness (QED) is 0.232. The first-order valence-corrected chi connectivity index (χ1v) is 13.6. The molecule has 0 saturated carbocycles. The summed E-state index contributed by atoms with van der Waals surface area (Å²) in [5.41, 5.74) is 2.95. The largest absolute Gasteiger partial charge is 0.354 e. The molecule has 4 aromatic rings. The molecule has 0 unspecified atom stereocenters. The second-order valence-electron chi connectivity index (χ2n) is 10.1. The summed E-state index contributed by atoms with van der Waals surface area (Å²) in [5.74, 6) is 0.0852. The SMILES string of the molecule is CC(C)CNC(=O)[C@@H](Cc1ccccc1)N(Cc1ccccc1Cl)C(=O)CCc1cccc2ccccc12. The van der Waals surface area contributed by atoms with Crippen molar-refractivity contribution < 1.29 is 9.59 Å². The molecule has 4 rings (SSSR count). The van der Waals surface area contributed by atoms with Gasteiger partial charge in [0, 0.05) is 31.0 Å².